The molecule has 0 aliphatic heterocycles. The van der Waals surface area contributed by atoms with Crippen molar-refractivity contribution in [1.82, 2.24) is 0 Å². The van der Waals surface area contributed by atoms with E-state index in [4.69, 9.17) is 10.5 Å². The normalized spacial score (nSPS) is 10.3. The molecule has 0 aliphatic carbocycles. The molecule has 0 bridgehead atoms. The predicted molar refractivity (Wildman–Crippen MR) is 69.8 cm³/mol. The quantitative estimate of drug-likeness (QED) is 0.840. The first-order valence-electron chi connectivity index (χ1n) is 5.05. The number of nitrogens with two attached hydrogens (primary N) is 1. The number of rotatable bonds is 2. The summed E-state index contributed by atoms with van der Waals surface area (Å²) in [6.07, 6.45) is 0. The Morgan fingerprint density at radius 3 is 2.65 bits per heavy atom. The summed E-state index contributed by atoms with van der Waals surface area (Å²) in [7, 11) is 0. The highest BCUT2D eigenvalue weighted by Crippen LogP contribution is 2.32. The van der Waals surface area contributed by atoms with E-state index in [2.05, 4.69) is 15.9 Å². The Morgan fingerprint density at radius 2 is 2.00 bits per heavy atom. The Kier molecular flexibility index (Phi) is 3.33. The van der Waals surface area contributed by atoms with Crippen molar-refractivity contribution in [2.75, 3.05) is 5.73 Å². The third kappa shape index (κ3) is 2.77. The number of nitrogen functional groups attached to an aromatic ring is 1. The molecule has 0 heterocycles. The van der Waals surface area contributed by atoms with Crippen molar-refractivity contribution in [3.05, 3.63) is 52.3 Å². The second kappa shape index (κ2) is 4.75. The van der Waals surface area contributed by atoms with Gasteiger partial charge in [0.25, 0.3) is 0 Å². The van der Waals surface area contributed by atoms with Crippen LogP contribution in [0.4, 0.5) is 10.1 Å². The van der Waals surface area contributed by atoms with Gasteiger partial charge in [0.2, 0.25) is 0 Å². The number of anilines is 1. The summed E-state index contributed by atoms with van der Waals surface area (Å²) >= 11 is 3.21. The van der Waals surface area contributed by atoms with Gasteiger partial charge in [-0.25, -0.2) is 4.39 Å². The van der Waals surface area contributed by atoms with Crippen LogP contribution in [-0.2, 0) is 0 Å². The maximum absolute atomic E-state index is 13.2. The van der Waals surface area contributed by atoms with Crippen LogP contribution in [0.25, 0.3) is 0 Å². The van der Waals surface area contributed by atoms with Crippen molar-refractivity contribution >= 4 is 21.6 Å². The molecule has 0 amide bonds. The van der Waals surface area contributed by atoms with Crippen molar-refractivity contribution in [3.8, 4) is 11.5 Å². The minimum atomic E-state index is -0.360. The lowest BCUT2D eigenvalue weighted by atomic mass is 10.2. The molecule has 0 spiro atoms. The van der Waals surface area contributed by atoms with Gasteiger partial charge in [0.1, 0.15) is 11.6 Å². The molecule has 17 heavy (non-hydrogen) atoms. The van der Waals surface area contributed by atoms with Gasteiger partial charge < -0.3 is 10.5 Å². The third-order valence-corrected chi connectivity index (χ3v) is 2.76. The zero-order valence-corrected chi connectivity index (χ0v) is 10.8. The van der Waals surface area contributed by atoms with E-state index < -0.39 is 0 Å². The number of hydrogen-bond acceptors (Lipinski definition) is 2. The Bertz CT molecular complexity index is 517. The first-order valence-corrected chi connectivity index (χ1v) is 5.84. The molecule has 0 unspecified atom stereocenters. The molecule has 0 saturated carbocycles. The molecular weight excluding hydrogens is 285 g/mol. The lowest BCUT2D eigenvalue weighted by molar-refractivity contribution is 0.475. The highest BCUT2D eigenvalue weighted by Gasteiger charge is 2.07. The highest BCUT2D eigenvalue weighted by molar-refractivity contribution is 9.10. The number of hydrogen-bond donors (Lipinski definition) is 1. The van der Waals surface area contributed by atoms with Crippen LogP contribution < -0.4 is 10.5 Å². The van der Waals surface area contributed by atoms with Crippen LogP contribution >= 0.6 is 15.9 Å². The van der Waals surface area contributed by atoms with E-state index in [0.717, 1.165) is 5.56 Å². The SMILES string of the molecule is Cc1cccc(N)c1Oc1cc(F)cc(Br)c1. The third-order valence-electron chi connectivity index (χ3n) is 2.30. The zero-order valence-electron chi connectivity index (χ0n) is 9.21. The van der Waals surface area contributed by atoms with E-state index in [9.17, 15) is 4.39 Å². The second-order valence-corrected chi connectivity index (χ2v) is 4.62. The van der Waals surface area contributed by atoms with Gasteiger partial charge in [0.15, 0.2) is 5.75 Å². The first kappa shape index (κ1) is 11.9. The van der Waals surface area contributed by atoms with Crippen LogP contribution in [0.15, 0.2) is 40.9 Å². The molecule has 0 aliphatic rings. The topological polar surface area (TPSA) is 35.2 Å². The fraction of sp³-hybridized carbons (Fsp3) is 0.0769. The number of benzene rings is 2. The van der Waals surface area contributed by atoms with E-state index in [1.807, 2.05) is 19.1 Å². The lowest BCUT2D eigenvalue weighted by Gasteiger charge is -2.11. The molecule has 88 valence electrons. The molecule has 0 radical (unpaired) electrons. The second-order valence-electron chi connectivity index (χ2n) is 3.70. The molecule has 2 aromatic rings. The van der Waals surface area contributed by atoms with E-state index in [1.54, 1.807) is 12.1 Å². The summed E-state index contributed by atoms with van der Waals surface area (Å²) in [6, 6.07) is 9.86. The molecule has 0 fully saturated rings. The van der Waals surface area contributed by atoms with Crippen LogP contribution in [0.3, 0.4) is 0 Å². The highest BCUT2D eigenvalue weighted by atomic mass is 79.9. The number of para-hydroxylation sites is 1. The summed E-state index contributed by atoms with van der Waals surface area (Å²) < 4.78 is 19.4. The molecule has 2 rings (SSSR count). The van der Waals surface area contributed by atoms with Crippen molar-refractivity contribution in [3.63, 3.8) is 0 Å². The van der Waals surface area contributed by atoms with Gasteiger partial charge in [-0.1, -0.05) is 28.1 Å². The molecule has 2 N–H and O–H groups in total. The minimum Gasteiger partial charge on any atom is -0.455 e. The van der Waals surface area contributed by atoms with Crippen molar-refractivity contribution in [1.29, 1.82) is 0 Å². The van der Waals surface area contributed by atoms with Crippen molar-refractivity contribution in [2.45, 2.75) is 6.92 Å². The van der Waals surface area contributed by atoms with E-state index in [0.29, 0.717) is 21.7 Å². The van der Waals surface area contributed by atoms with Crippen LogP contribution in [0.1, 0.15) is 5.56 Å². The average molecular weight is 296 g/mol. The fourth-order valence-electron chi connectivity index (χ4n) is 1.52. The molecular formula is C13H11BrFNO. The smallest absolute Gasteiger partial charge is 0.153 e. The van der Waals surface area contributed by atoms with Gasteiger partial charge in [0, 0.05) is 10.5 Å². The molecule has 2 nitrogen and oxygen atoms in total. The van der Waals surface area contributed by atoms with Gasteiger partial charge in [0.05, 0.1) is 5.69 Å². The van der Waals surface area contributed by atoms with Crippen LogP contribution in [0, 0.1) is 12.7 Å². The van der Waals surface area contributed by atoms with E-state index in [-0.39, 0.29) is 5.82 Å². The maximum atomic E-state index is 13.2. The molecule has 2 aromatic carbocycles. The number of aryl methyl sites for hydroxylation is 1. The number of ether oxygens (including phenoxy) is 1. The van der Waals surface area contributed by atoms with Gasteiger partial charge in [-0.3, -0.25) is 0 Å². The lowest BCUT2D eigenvalue weighted by Crippen LogP contribution is -1.94. The molecule has 0 atom stereocenters. The standard InChI is InChI=1S/C13H11BrFNO/c1-8-3-2-4-12(16)13(8)17-11-6-9(14)5-10(15)7-11/h2-7H,16H2,1H3. The average Bonchev–Trinajstić information content (AvgIpc) is 2.22. The van der Waals surface area contributed by atoms with E-state index >= 15 is 0 Å². The van der Waals surface area contributed by atoms with Gasteiger partial charge in [-0.2, -0.15) is 0 Å². The van der Waals surface area contributed by atoms with Crippen molar-refractivity contribution in [2.24, 2.45) is 0 Å². The van der Waals surface area contributed by atoms with Gasteiger partial charge >= 0.3 is 0 Å². The van der Waals surface area contributed by atoms with Crippen LogP contribution in [0.5, 0.6) is 11.5 Å². The predicted octanol–water partition coefficient (Wildman–Crippen LogP) is 4.27. The summed E-state index contributed by atoms with van der Waals surface area (Å²) in [5.41, 5.74) is 7.26. The van der Waals surface area contributed by atoms with Gasteiger partial charge in [-0.05, 0) is 30.7 Å². The summed E-state index contributed by atoms with van der Waals surface area (Å²) in [5, 5.41) is 0. The van der Waals surface area contributed by atoms with Gasteiger partial charge in [-0.15, -0.1) is 0 Å². The Hall–Kier alpha value is -1.55. The Morgan fingerprint density at radius 1 is 1.24 bits per heavy atom. The van der Waals surface area contributed by atoms with E-state index in [1.165, 1.54) is 12.1 Å². The fourth-order valence-corrected chi connectivity index (χ4v) is 1.96. The van der Waals surface area contributed by atoms with Crippen LogP contribution in [0.2, 0.25) is 0 Å². The molecule has 0 saturated heterocycles. The van der Waals surface area contributed by atoms with Crippen LogP contribution in [-0.4, -0.2) is 0 Å². The molecule has 0 aromatic heterocycles. The monoisotopic (exact) mass is 295 g/mol. The van der Waals surface area contributed by atoms with Crippen molar-refractivity contribution < 1.29 is 9.13 Å². The summed E-state index contributed by atoms with van der Waals surface area (Å²) in [6.45, 7) is 1.89. The Balaban J connectivity index is 2.38. The summed E-state index contributed by atoms with van der Waals surface area (Å²) in [5.74, 6) is 0.615. The maximum Gasteiger partial charge on any atom is 0.153 e. The first-order chi connectivity index (χ1) is 8.06. The zero-order chi connectivity index (χ0) is 12.4. The minimum absolute atomic E-state index is 0.360. The number of halogens is 2. The largest absolute Gasteiger partial charge is 0.455 e. The molecule has 4 heteroatoms. The summed E-state index contributed by atoms with van der Waals surface area (Å²) in [4.78, 5) is 0. The Labute approximate surface area is 107 Å².